The Balaban J connectivity index is 1.89. The predicted octanol–water partition coefficient (Wildman–Crippen LogP) is -3.41. The molecule has 0 saturated carbocycles. The lowest BCUT2D eigenvalue weighted by Gasteiger charge is -2.31. The molecule has 16 N–H and O–H groups in total. The molecular formula is C42H65N13O11. The molecule has 1 fully saturated rings. The largest absolute Gasteiger partial charge is 0.508 e. The predicted molar refractivity (Wildman–Crippen MR) is 238 cm³/mol. The topological polar surface area (TPSA) is 392 Å². The number of aliphatic hydroxyl groups excluding tert-OH is 1. The number of hydrogen-bond acceptors (Lipinski definition) is 13. The first-order valence-electron chi connectivity index (χ1n) is 21.7. The Hall–Kier alpha value is -6.82. The molecule has 8 unspecified atom stereocenters. The third-order valence-electron chi connectivity index (χ3n) is 10.8. The van der Waals surface area contributed by atoms with Crippen LogP contribution in [-0.4, -0.2) is 151 Å². The second-order valence-corrected chi connectivity index (χ2v) is 16.8. The Morgan fingerprint density at radius 2 is 1.38 bits per heavy atom. The van der Waals surface area contributed by atoms with Gasteiger partial charge in [-0.05, 0) is 62.1 Å². The van der Waals surface area contributed by atoms with Gasteiger partial charge < -0.3 is 74.3 Å². The third kappa shape index (κ3) is 16.3. The summed E-state index contributed by atoms with van der Waals surface area (Å²) in [6.07, 6.45) is 3.54. The number of aliphatic hydroxyl groups is 1. The molecule has 0 bridgehead atoms. The summed E-state index contributed by atoms with van der Waals surface area (Å²) in [6, 6.07) is -4.20. The Morgan fingerprint density at radius 3 is 1.91 bits per heavy atom. The van der Waals surface area contributed by atoms with Gasteiger partial charge >= 0.3 is 5.97 Å². The lowest BCUT2D eigenvalue weighted by Crippen LogP contribution is -2.62. The summed E-state index contributed by atoms with van der Waals surface area (Å²) in [6.45, 7) is 7.44. The molecule has 7 amide bonds. The average Bonchev–Trinajstić information content (AvgIpc) is 3.98. The number of H-pyrrole nitrogens is 1. The zero-order valence-electron chi connectivity index (χ0n) is 37.8. The van der Waals surface area contributed by atoms with Gasteiger partial charge in [-0.25, -0.2) is 4.98 Å². The van der Waals surface area contributed by atoms with Crippen LogP contribution < -0.4 is 49.1 Å². The van der Waals surface area contributed by atoms with Gasteiger partial charge in [-0.2, -0.15) is 0 Å². The van der Waals surface area contributed by atoms with Gasteiger partial charge in [0.1, 0.15) is 54.1 Å². The summed E-state index contributed by atoms with van der Waals surface area (Å²) in [4.78, 5) is 120. The average molecular weight is 928 g/mol. The summed E-state index contributed by atoms with van der Waals surface area (Å²) in [5.74, 6) is -7.95. The van der Waals surface area contributed by atoms with E-state index in [1.807, 2.05) is 0 Å². The second-order valence-electron chi connectivity index (χ2n) is 16.8. The number of guanidine groups is 1. The molecule has 1 aromatic heterocycles. The molecule has 0 radical (unpaired) electrons. The number of aliphatic imine (C=N–C) groups is 1. The van der Waals surface area contributed by atoms with Crippen molar-refractivity contribution >= 4 is 53.3 Å². The van der Waals surface area contributed by atoms with Crippen LogP contribution >= 0.6 is 0 Å². The SMILES string of the molecule is CC(NC(=O)C1CCCN1C(=O)C(Cc1cnc[nH]1)NC(=O)C(NC(=O)C(Cc1ccc(O)cc1)NC(=O)C(NC(=O)C(CCCN=C(N)N)NC(=O)C(N)CO)C(C)C)C(C)C)C(=O)O. The van der Waals surface area contributed by atoms with Crippen molar-refractivity contribution in [2.75, 3.05) is 19.7 Å². The van der Waals surface area contributed by atoms with Crippen LogP contribution in [0.2, 0.25) is 0 Å². The van der Waals surface area contributed by atoms with E-state index < -0.39 is 114 Å². The maximum atomic E-state index is 14.3. The molecule has 2 aromatic rings. The van der Waals surface area contributed by atoms with Crippen molar-refractivity contribution in [3.8, 4) is 5.75 Å². The monoisotopic (exact) mass is 927 g/mol. The molecule has 1 aliphatic heterocycles. The molecule has 1 aromatic carbocycles. The number of aromatic hydroxyl groups is 1. The van der Waals surface area contributed by atoms with Gasteiger partial charge in [0.05, 0.1) is 12.9 Å². The lowest BCUT2D eigenvalue weighted by atomic mass is 9.98. The number of rotatable bonds is 25. The molecule has 2 heterocycles. The number of nitrogens with two attached hydrogens (primary N) is 3. The Morgan fingerprint density at radius 1 is 0.803 bits per heavy atom. The highest BCUT2D eigenvalue weighted by Gasteiger charge is 2.40. The fourth-order valence-corrected chi connectivity index (χ4v) is 7.00. The molecule has 66 heavy (non-hydrogen) atoms. The van der Waals surface area contributed by atoms with Crippen molar-refractivity contribution in [3.05, 3.63) is 48.0 Å². The first-order valence-corrected chi connectivity index (χ1v) is 21.7. The molecule has 0 aliphatic carbocycles. The van der Waals surface area contributed by atoms with Gasteiger partial charge in [0, 0.05) is 37.8 Å². The number of amides is 7. The molecule has 3 rings (SSSR count). The van der Waals surface area contributed by atoms with Crippen LogP contribution in [0.1, 0.15) is 71.6 Å². The Bertz CT molecular complexity index is 2010. The van der Waals surface area contributed by atoms with Crippen molar-refractivity contribution in [1.29, 1.82) is 0 Å². The van der Waals surface area contributed by atoms with E-state index >= 15 is 0 Å². The van der Waals surface area contributed by atoms with E-state index in [0.29, 0.717) is 17.7 Å². The van der Waals surface area contributed by atoms with E-state index in [-0.39, 0.29) is 56.9 Å². The van der Waals surface area contributed by atoms with E-state index in [1.54, 1.807) is 27.7 Å². The van der Waals surface area contributed by atoms with E-state index in [9.17, 15) is 53.7 Å². The normalized spacial score (nSPS) is 16.7. The highest BCUT2D eigenvalue weighted by molar-refractivity contribution is 5.98. The molecule has 24 heteroatoms. The van der Waals surface area contributed by atoms with Gasteiger partial charge in [0.15, 0.2) is 5.96 Å². The summed E-state index contributed by atoms with van der Waals surface area (Å²) >= 11 is 0. The molecule has 1 aliphatic rings. The molecule has 0 spiro atoms. The van der Waals surface area contributed by atoms with Crippen LogP contribution in [0.3, 0.4) is 0 Å². The standard InChI is InChI=1S/C42H65N13O11/c1-21(2)32(53-35(59)28(8-6-14-47-42(44)45)50-34(58)27(43)19-56)38(62)51-29(16-24-10-12-26(57)13-11-24)36(60)54-33(22(3)4)39(63)52-30(17-25-18-46-20-48-25)40(64)55-15-7-9-31(55)37(61)49-23(5)41(65)66/h10-13,18,20-23,27-33,56-57H,6-9,14-17,19,43H2,1-5H3,(H,46,48)(H,49,61)(H,50,58)(H,51,62)(H,52,63)(H,53,59)(H,54,60)(H,65,66)(H4,44,45,47). The number of aromatic amines is 1. The van der Waals surface area contributed by atoms with Crippen LogP contribution in [0.4, 0.5) is 0 Å². The first-order chi connectivity index (χ1) is 31.1. The number of nitrogens with one attached hydrogen (secondary N) is 7. The smallest absolute Gasteiger partial charge is 0.325 e. The quantitative estimate of drug-likeness (QED) is 0.0262. The Kier molecular flexibility index (Phi) is 20.8. The third-order valence-corrected chi connectivity index (χ3v) is 10.8. The molecule has 24 nitrogen and oxygen atoms in total. The number of nitrogens with zero attached hydrogens (tertiary/aromatic N) is 3. The Labute approximate surface area is 382 Å². The zero-order valence-corrected chi connectivity index (χ0v) is 37.8. The number of aliphatic carboxylic acids is 1. The van der Waals surface area contributed by atoms with Gasteiger partial charge in [-0.1, -0.05) is 39.8 Å². The van der Waals surface area contributed by atoms with Crippen LogP contribution in [0.25, 0.3) is 0 Å². The van der Waals surface area contributed by atoms with Crippen molar-refractivity contribution in [1.82, 2.24) is 46.8 Å². The van der Waals surface area contributed by atoms with Crippen molar-refractivity contribution in [2.24, 2.45) is 34.0 Å². The number of phenolic OH excluding ortho intramolecular Hbond substituents is 1. The maximum absolute atomic E-state index is 14.3. The highest BCUT2D eigenvalue weighted by atomic mass is 16.4. The fraction of sp³-hybridized carbons (Fsp3) is 0.571. The van der Waals surface area contributed by atoms with Crippen molar-refractivity contribution < 1.29 is 53.7 Å². The molecule has 1 saturated heterocycles. The number of likely N-dealkylation sites (tertiary alicyclic amines) is 1. The van der Waals surface area contributed by atoms with Gasteiger partial charge in [0.2, 0.25) is 41.4 Å². The number of carbonyl (C=O) groups excluding carboxylic acids is 7. The minimum atomic E-state index is -1.38. The first kappa shape index (κ1) is 53.5. The number of carboxylic acid groups (broad SMARTS) is 1. The molecule has 364 valence electrons. The van der Waals surface area contributed by atoms with E-state index in [2.05, 4.69) is 46.9 Å². The number of imidazole rings is 1. The molecule has 8 atom stereocenters. The number of hydrogen-bond donors (Lipinski definition) is 13. The highest BCUT2D eigenvalue weighted by Crippen LogP contribution is 2.21. The number of carboxylic acids is 1. The van der Waals surface area contributed by atoms with E-state index in [1.165, 1.54) is 48.6 Å². The van der Waals surface area contributed by atoms with Crippen LogP contribution in [0, 0.1) is 11.8 Å². The van der Waals surface area contributed by atoms with Gasteiger partial charge in [-0.15, -0.1) is 0 Å². The van der Waals surface area contributed by atoms with Crippen LogP contribution in [-0.2, 0) is 51.2 Å². The summed E-state index contributed by atoms with van der Waals surface area (Å²) in [5, 5.41) is 44.3. The fourth-order valence-electron chi connectivity index (χ4n) is 7.00. The maximum Gasteiger partial charge on any atom is 0.325 e. The second kappa shape index (κ2) is 25.6. The van der Waals surface area contributed by atoms with E-state index in [0.717, 1.165) is 0 Å². The lowest BCUT2D eigenvalue weighted by molar-refractivity contribution is -0.144. The summed E-state index contributed by atoms with van der Waals surface area (Å²) < 4.78 is 0. The minimum Gasteiger partial charge on any atom is -0.508 e. The number of benzene rings is 1. The number of phenols is 1. The number of carbonyl (C=O) groups is 8. The van der Waals surface area contributed by atoms with Gasteiger partial charge in [-0.3, -0.25) is 43.3 Å². The van der Waals surface area contributed by atoms with Crippen molar-refractivity contribution in [3.63, 3.8) is 0 Å². The van der Waals surface area contributed by atoms with Crippen LogP contribution in [0.15, 0.2) is 41.8 Å². The van der Waals surface area contributed by atoms with E-state index in [4.69, 9.17) is 17.2 Å². The van der Waals surface area contributed by atoms with Crippen LogP contribution in [0.5, 0.6) is 5.75 Å². The zero-order chi connectivity index (χ0) is 49.2. The minimum absolute atomic E-state index is 0.0117. The van der Waals surface area contributed by atoms with Crippen molar-refractivity contribution in [2.45, 2.75) is 121 Å². The van der Waals surface area contributed by atoms with Gasteiger partial charge in [0.25, 0.3) is 0 Å². The molecular weight excluding hydrogens is 863 g/mol. The number of aromatic nitrogens is 2. The summed E-state index contributed by atoms with van der Waals surface area (Å²) in [7, 11) is 0. The summed E-state index contributed by atoms with van der Waals surface area (Å²) in [5.41, 5.74) is 17.4.